The zero-order valence-corrected chi connectivity index (χ0v) is 18.3. The molecule has 8 heteroatoms. The molecule has 1 aliphatic rings. The molecule has 3 heterocycles. The SMILES string of the molecule is CCC#Cc1ccn(C(c2ccccc2)C2CN(C(C)C)C(=O)c3c(O)c(=O)cnn32)n1. The number of amides is 1. The molecule has 1 aliphatic heterocycles. The first kappa shape index (κ1) is 21.4. The van der Waals surface area contributed by atoms with Crippen LogP contribution in [0, 0.1) is 11.8 Å². The van der Waals surface area contributed by atoms with E-state index in [0.29, 0.717) is 12.2 Å². The van der Waals surface area contributed by atoms with Gasteiger partial charge in [-0.2, -0.15) is 10.2 Å². The third kappa shape index (κ3) is 3.78. The van der Waals surface area contributed by atoms with Crippen LogP contribution in [0.2, 0.25) is 0 Å². The fourth-order valence-corrected chi connectivity index (χ4v) is 4.03. The lowest BCUT2D eigenvalue weighted by molar-refractivity contribution is 0.0547. The van der Waals surface area contributed by atoms with Gasteiger partial charge in [-0.1, -0.05) is 43.2 Å². The Morgan fingerprint density at radius 2 is 1.94 bits per heavy atom. The van der Waals surface area contributed by atoms with Crippen LogP contribution in [0.1, 0.15) is 61.0 Å². The minimum Gasteiger partial charge on any atom is -0.502 e. The van der Waals surface area contributed by atoms with Crippen LogP contribution >= 0.6 is 0 Å². The van der Waals surface area contributed by atoms with Gasteiger partial charge in [0.1, 0.15) is 11.7 Å². The van der Waals surface area contributed by atoms with Gasteiger partial charge < -0.3 is 10.0 Å². The standard InChI is InChI=1S/C24H25N5O3/c1-4-5-11-18-12-13-28(26-18)21(17-9-7-6-8-10-17)19-15-27(16(2)3)24(32)22-23(31)20(30)14-25-29(19)22/h6-10,12-14,16,19,21,31H,4,15H2,1-3H3. The van der Waals surface area contributed by atoms with Crippen molar-refractivity contribution in [1.29, 1.82) is 0 Å². The third-order valence-corrected chi connectivity index (χ3v) is 5.56. The predicted octanol–water partition coefficient (Wildman–Crippen LogP) is 2.60. The highest BCUT2D eigenvalue weighted by molar-refractivity contribution is 5.95. The van der Waals surface area contributed by atoms with E-state index in [-0.39, 0.29) is 17.8 Å². The van der Waals surface area contributed by atoms with Crippen molar-refractivity contribution < 1.29 is 9.90 Å². The summed E-state index contributed by atoms with van der Waals surface area (Å²) in [6.07, 6.45) is 3.63. The van der Waals surface area contributed by atoms with Gasteiger partial charge in [-0.05, 0) is 31.4 Å². The molecule has 0 saturated heterocycles. The number of hydrogen-bond acceptors (Lipinski definition) is 5. The molecule has 2 atom stereocenters. The van der Waals surface area contributed by atoms with E-state index in [1.165, 1.54) is 4.68 Å². The number of aromatic hydroxyl groups is 1. The Balaban J connectivity index is 1.92. The normalized spacial score (nSPS) is 16.4. The highest BCUT2D eigenvalue weighted by Crippen LogP contribution is 2.36. The van der Waals surface area contributed by atoms with Gasteiger partial charge in [-0.15, -0.1) is 0 Å². The molecule has 0 fully saturated rings. The Labute approximate surface area is 186 Å². The van der Waals surface area contributed by atoms with Gasteiger partial charge in [0, 0.05) is 25.2 Å². The second-order valence-corrected chi connectivity index (χ2v) is 7.96. The van der Waals surface area contributed by atoms with E-state index in [0.717, 1.165) is 18.2 Å². The van der Waals surface area contributed by atoms with E-state index in [1.807, 2.05) is 68.0 Å². The number of nitrogens with zero attached hydrogens (tertiary/aromatic N) is 5. The first-order valence-corrected chi connectivity index (χ1v) is 10.6. The van der Waals surface area contributed by atoms with Crippen molar-refractivity contribution in [2.24, 2.45) is 0 Å². The molecule has 0 radical (unpaired) electrons. The highest BCUT2D eigenvalue weighted by atomic mass is 16.3. The van der Waals surface area contributed by atoms with Gasteiger partial charge in [0.05, 0.1) is 12.2 Å². The molecule has 1 aromatic carbocycles. The fraction of sp³-hybridized carbons (Fsp3) is 0.333. The Morgan fingerprint density at radius 1 is 1.19 bits per heavy atom. The number of benzene rings is 1. The summed E-state index contributed by atoms with van der Waals surface area (Å²) in [5.41, 5.74) is 0.832. The number of hydrogen-bond donors (Lipinski definition) is 1. The predicted molar refractivity (Wildman–Crippen MR) is 119 cm³/mol. The maximum Gasteiger partial charge on any atom is 0.276 e. The molecule has 1 amide bonds. The molecule has 1 N–H and O–H groups in total. The maximum atomic E-state index is 13.1. The first-order valence-electron chi connectivity index (χ1n) is 10.6. The van der Waals surface area contributed by atoms with E-state index in [1.54, 1.807) is 4.90 Å². The Kier molecular flexibility index (Phi) is 5.82. The molecule has 2 aromatic heterocycles. The van der Waals surface area contributed by atoms with Gasteiger partial charge in [0.25, 0.3) is 5.91 Å². The summed E-state index contributed by atoms with van der Waals surface area (Å²) in [5.74, 6) is 5.08. The minimum absolute atomic E-state index is 0.0958. The van der Waals surface area contributed by atoms with Crippen molar-refractivity contribution >= 4 is 5.91 Å². The fourth-order valence-electron chi connectivity index (χ4n) is 4.03. The van der Waals surface area contributed by atoms with Crippen molar-refractivity contribution in [1.82, 2.24) is 24.5 Å². The van der Waals surface area contributed by atoms with Crippen LogP contribution in [0.3, 0.4) is 0 Å². The maximum absolute atomic E-state index is 13.1. The van der Waals surface area contributed by atoms with Crippen LogP contribution in [0.25, 0.3) is 0 Å². The molecule has 4 rings (SSSR count). The van der Waals surface area contributed by atoms with Crippen molar-refractivity contribution in [2.45, 2.75) is 45.3 Å². The average molecular weight is 431 g/mol. The Bertz CT molecular complexity index is 1250. The lowest BCUT2D eigenvalue weighted by Gasteiger charge is -2.40. The molecule has 0 aliphatic carbocycles. The molecular weight excluding hydrogens is 406 g/mol. The smallest absolute Gasteiger partial charge is 0.276 e. The van der Waals surface area contributed by atoms with Gasteiger partial charge >= 0.3 is 0 Å². The van der Waals surface area contributed by atoms with E-state index in [9.17, 15) is 14.7 Å². The second kappa shape index (κ2) is 8.71. The van der Waals surface area contributed by atoms with Crippen molar-refractivity contribution in [3.8, 4) is 17.6 Å². The van der Waals surface area contributed by atoms with Crippen LogP contribution in [0.4, 0.5) is 0 Å². The van der Waals surface area contributed by atoms with Gasteiger partial charge in [-0.25, -0.2) is 4.68 Å². The molecule has 8 nitrogen and oxygen atoms in total. The molecule has 0 bridgehead atoms. The van der Waals surface area contributed by atoms with Crippen molar-refractivity contribution in [3.05, 3.63) is 76.0 Å². The lowest BCUT2D eigenvalue weighted by atomic mass is 9.96. The number of carbonyl (C=O) groups excluding carboxylic acids is 1. The minimum atomic E-state index is -0.679. The largest absolute Gasteiger partial charge is 0.502 e. The average Bonchev–Trinajstić information content (AvgIpc) is 3.25. The summed E-state index contributed by atoms with van der Waals surface area (Å²) < 4.78 is 3.28. The summed E-state index contributed by atoms with van der Waals surface area (Å²) in [4.78, 5) is 26.9. The van der Waals surface area contributed by atoms with Gasteiger partial charge in [0.15, 0.2) is 11.4 Å². The van der Waals surface area contributed by atoms with Crippen LogP contribution in [-0.4, -0.2) is 48.1 Å². The summed E-state index contributed by atoms with van der Waals surface area (Å²) in [6.45, 7) is 6.13. The molecule has 3 aromatic rings. The second-order valence-electron chi connectivity index (χ2n) is 7.96. The zero-order chi connectivity index (χ0) is 22.8. The first-order chi connectivity index (χ1) is 15.4. The topological polar surface area (TPSA) is 93.3 Å². The summed E-state index contributed by atoms with van der Waals surface area (Å²) in [7, 11) is 0. The summed E-state index contributed by atoms with van der Waals surface area (Å²) >= 11 is 0. The van der Waals surface area contributed by atoms with Crippen LogP contribution in [0.5, 0.6) is 5.75 Å². The number of rotatable bonds is 4. The Hall–Kier alpha value is -3.86. The van der Waals surface area contributed by atoms with E-state index < -0.39 is 23.1 Å². The zero-order valence-electron chi connectivity index (χ0n) is 18.3. The number of fused-ring (bicyclic) bond motifs is 1. The Morgan fingerprint density at radius 3 is 2.62 bits per heavy atom. The summed E-state index contributed by atoms with van der Waals surface area (Å²) in [5, 5.41) is 19.4. The molecule has 0 saturated carbocycles. The highest BCUT2D eigenvalue weighted by Gasteiger charge is 2.40. The summed E-state index contributed by atoms with van der Waals surface area (Å²) in [6, 6.07) is 10.7. The number of aromatic nitrogens is 4. The molecule has 164 valence electrons. The lowest BCUT2D eigenvalue weighted by Crippen LogP contribution is -2.50. The monoisotopic (exact) mass is 431 g/mol. The molecule has 32 heavy (non-hydrogen) atoms. The van der Waals surface area contributed by atoms with Crippen LogP contribution in [-0.2, 0) is 0 Å². The van der Waals surface area contributed by atoms with E-state index in [2.05, 4.69) is 22.0 Å². The molecule has 2 unspecified atom stereocenters. The van der Waals surface area contributed by atoms with Gasteiger partial charge in [-0.3, -0.25) is 14.3 Å². The van der Waals surface area contributed by atoms with E-state index >= 15 is 0 Å². The van der Waals surface area contributed by atoms with Crippen LogP contribution in [0.15, 0.2) is 53.6 Å². The van der Waals surface area contributed by atoms with E-state index in [4.69, 9.17) is 0 Å². The third-order valence-electron chi connectivity index (χ3n) is 5.56. The van der Waals surface area contributed by atoms with Crippen molar-refractivity contribution in [2.75, 3.05) is 6.54 Å². The van der Waals surface area contributed by atoms with Crippen LogP contribution < -0.4 is 5.43 Å². The van der Waals surface area contributed by atoms with Crippen molar-refractivity contribution in [3.63, 3.8) is 0 Å². The molecule has 0 spiro atoms. The quantitative estimate of drug-likeness (QED) is 0.641. The number of carbonyl (C=O) groups is 1. The van der Waals surface area contributed by atoms with Gasteiger partial charge in [0.2, 0.25) is 5.43 Å². The molecular formula is C24H25N5O3.